The summed E-state index contributed by atoms with van der Waals surface area (Å²) >= 11 is 0. The highest BCUT2D eigenvalue weighted by Crippen LogP contribution is 2.36. The van der Waals surface area contributed by atoms with Crippen LogP contribution in [-0.2, 0) is 0 Å². The SMILES string of the molecule is CC(C)N(CCCCCCCC1CC(C)(C)NC(C)(C)C1)C1CC(C)(C)NC(C)(C)C1. The first kappa shape index (κ1) is 27.1. The van der Waals surface area contributed by atoms with Gasteiger partial charge in [0.15, 0.2) is 0 Å². The normalized spacial score (nSPS) is 25.9. The van der Waals surface area contributed by atoms with Crippen LogP contribution in [-0.4, -0.2) is 45.7 Å². The Morgan fingerprint density at radius 2 is 1.06 bits per heavy atom. The minimum absolute atomic E-state index is 0.233. The molecule has 0 atom stereocenters. The Hall–Kier alpha value is -0.120. The van der Waals surface area contributed by atoms with Crippen molar-refractivity contribution in [1.29, 1.82) is 0 Å². The highest BCUT2D eigenvalue weighted by molar-refractivity contribution is 5.00. The third-order valence-electron chi connectivity index (χ3n) is 7.60. The minimum atomic E-state index is 0.233. The van der Waals surface area contributed by atoms with Gasteiger partial charge in [-0.25, -0.2) is 0 Å². The van der Waals surface area contributed by atoms with Crippen LogP contribution >= 0.6 is 0 Å². The predicted octanol–water partition coefficient (Wildman–Crippen LogP) is 6.90. The van der Waals surface area contributed by atoms with Crippen LogP contribution in [0.2, 0.25) is 0 Å². The van der Waals surface area contributed by atoms with E-state index in [0.29, 0.717) is 23.2 Å². The molecule has 2 aliphatic heterocycles. The van der Waals surface area contributed by atoms with Gasteiger partial charge >= 0.3 is 0 Å². The van der Waals surface area contributed by atoms with Gasteiger partial charge in [0.2, 0.25) is 0 Å². The van der Waals surface area contributed by atoms with Crippen molar-refractivity contribution in [2.45, 2.75) is 168 Å². The van der Waals surface area contributed by atoms with Gasteiger partial charge in [0.25, 0.3) is 0 Å². The van der Waals surface area contributed by atoms with Crippen LogP contribution in [0.25, 0.3) is 0 Å². The van der Waals surface area contributed by atoms with Gasteiger partial charge in [-0.2, -0.15) is 0 Å². The lowest BCUT2D eigenvalue weighted by Crippen LogP contribution is -2.63. The summed E-state index contributed by atoms with van der Waals surface area (Å²) in [5.41, 5.74) is 1.06. The zero-order valence-electron chi connectivity index (χ0n) is 23.0. The summed E-state index contributed by atoms with van der Waals surface area (Å²) in [4.78, 5) is 2.81. The number of rotatable bonds is 10. The fourth-order valence-corrected chi connectivity index (χ4v) is 7.36. The maximum atomic E-state index is 3.85. The van der Waals surface area contributed by atoms with Crippen molar-refractivity contribution in [3.63, 3.8) is 0 Å². The van der Waals surface area contributed by atoms with E-state index in [1.54, 1.807) is 0 Å². The smallest absolute Gasteiger partial charge is 0.0145 e. The number of nitrogens with one attached hydrogen (secondary N) is 2. The molecule has 0 radical (unpaired) electrons. The van der Waals surface area contributed by atoms with E-state index in [2.05, 4.69) is 84.8 Å². The van der Waals surface area contributed by atoms with Crippen LogP contribution in [0.4, 0.5) is 0 Å². The molecule has 0 saturated carbocycles. The highest BCUT2D eigenvalue weighted by Gasteiger charge is 2.40. The minimum Gasteiger partial charge on any atom is -0.307 e. The molecule has 0 spiro atoms. The molecule has 2 heterocycles. The zero-order valence-corrected chi connectivity index (χ0v) is 23.0. The van der Waals surface area contributed by atoms with Crippen molar-refractivity contribution in [2.75, 3.05) is 6.54 Å². The van der Waals surface area contributed by atoms with Crippen LogP contribution in [0.1, 0.15) is 133 Å². The quantitative estimate of drug-likeness (QED) is 0.365. The molecule has 2 aliphatic rings. The van der Waals surface area contributed by atoms with E-state index < -0.39 is 0 Å². The lowest BCUT2D eigenvalue weighted by molar-refractivity contribution is 0.0466. The molecule has 31 heavy (non-hydrogen) atoms. The molecule has 3 nitrogen and oxygen atoms in total. The summed E-state index contributed by atoms with van der Waals surface area (Å²) in [6.45, 7) is 25.1. The second-order valence-corrected chi connectivity index (χ2v) is 14.0. The number of hydrogen-bond donors (Lipinski definition) is 2. The van der Waals surface area contributed by atoms with Crippen LogP contribution in [0.5, 0.6) is 0 Å². The molecule has 2 fully saturated rings. The van der Waals surface area contributed by atoms with E-state index in [1.807, 2.05) is 0 Å². The van der Waals surface area contributed by atoms with Crippen LogP contribution in [0.15, 0.2) is 0 Å². The second kappa shape index (κ2) is 10.4. The maximum Gasteiger partial charge on any atom is 0.0145 e. The Kier molecular flexibility index (Phi) is 9.13. The largest absolute Gasteiger partial charge is 0.307 e. The summed E-state index contributed by atoms with van der Waals surface area (Å²) < 4.78 is 0. The molecule has 0 aromatic heterocycles. The molecule has 2 saturated heterocycles. The van der Waals surface area contributed by atoms with Crippen molar-refractivity contribution in [2.24, 2.45) is 5.92 Å². The third kappa shape index (κ3) is 9.33. The molecule has 2 rings (SSSR count). The number of unbranched alkanes of at least 4 members (excludes halogenated alkanes) is 4. The van der Waals surface area contributed by atoms with Crippen LogP contribution in [0, 0.1) is 5.92 Å². The number of piperidine rings is 2. The van der Waals surface area contributed by atoms with Gasteiger partial charge in [0.05, 0.1) is 0 Å². The van der Waals surface area contributed by atoms with Crippen molar-refractivity contribution in [3.8, 4) is 0 Å². The van der Waals surface area contributed by atoms with Crippen molar-refractivity contribution < 1.29 is 0 Å². The molecule has 3 heteroatoms. The van der Waals surface area contributed by atoms with Crippen LogP contribution in [0.3, 0.4) is 0 Å². The lowest BCUT2D eigenvalue weighted by Gasteiger charge is -2.50. The fraction of sp³-hybridized carbons (Fsp3) is 1.00. The van der Waals surface area contributed by atoms with Crippen molar-refractivity contribution in [1.82, 2.24) is 15.5 Å². The third-order valence-corrected chi connectivity index (χ3v) is 7.60. The Bertz CT molecular complexity index is 514. The average Bonchev–Trinajstić information content (AvgIpc) is 2.51. The van der Waals surface area contributed by atoms with Gasteiger partial charge in [0.1, 0.15) is 0 Å². The van der Waals surface area contributed by atoms with E-state index in [1.165, 1.54) is 70.8 Å². The van der Waals surface area contributed by atoms with Gasteiger partial charge in [-0.15, -0.1) is 0 Å². The monoisotopic (exact) mass is 435 g/mol. The molecule has 0 aliphatic carbocycles. The van der Waals surface area contributed by atoms with Crippen molar-refractivity contribution in [3.05, 3.63) is 0 Å². The van der Waals surface area contributed by atoms with Gasteiger partial charge in [-0.1, -0.05) is 32.1 Å². The first-order chi connectivity index (χ1) is 14.1. The highest BCUT2D eigenvalue weighted by atomic mass is 15.2. The summed E-state index contributed by atoms with van der Waals surface area (Å²) in [5.74, 6) is 0.898. The summed E-state index contributed by atoms with van der Waals surface area (Å²) in [5, 5.41) is 7.68. The van der Waals surface area contributed by atoms with Gasteiger partial charge < -0.3 is 10.6 Å². The predicted molar refractivity (Wildman–Crippen MR) is 138 cm³/mol. The number of hydrogen-bond acceptors (Lipinski definition) is 3. The second-order valence-electron chi connectivity index (χ2n) is 14.0. The Morgan fingerprint density at radius 3 is 1.55 bits per heavy atom. The first-order valence-corrected chi connectivity index (χ1v) is 13.4. The Labute approximate surface area is 195 Å². The molecular weight excluding hydrogens is 378 g/mol. The molecule has 184 valence electrons. The zero-order chi connectivity index (χ0) is 23.5. The van der Waals surface area contributed by atoms with Gasteiger partial charge in [-0.05, 0) is 114 Å². The summed E-state index contributed by atoms with van der Waals surface area (Å²) in [7, 11) is 0. The van der Waals surface area contributed by atoms with E-state index in [0.717, 1.165) is 5.92 Å². The molecule has 0 unspecified atom stereocenters. The Morgan fingerprint density at radius 1 is 0.645 bits per heavy atom. The van der Waals surface area contributed by atoms with E-state index in [9.17, 15) is 0 Å². The summed E-state index contributed by atoms with van der Waals surface area (Å²) in [6, 6.07) is 1.35. The van der Waals surface area contributed by atoms with Gasteiger partial charge in [-0.3, -0.25) is 4.90 Å². The first-order valence-electron chi connectivity index (χ1n) is 13.4. The molecule has 0 aromatic rings. The van der Waals surface area contributed by atoms with Crippen molar-refractivity contribution >= 4 is 0 Å². The molecule has 0 bridgehead atoms. The van der Waals surface area contributed by atoms with E-state index in [-0.39, 0.29) is 11.1 Å². The molecular formula is C28H57N3. The Balaban J connectivity index is 1.69. The molecule has 2 N–H and O–H groups in total. The topological polar surface area (TPSA) is 27.3 Å². The molecule has 0 aromatic carbocycles. The average molecular weight is 436 g/mol. The van der Waals surface area contributed by atoms with E-state index >= 15 is 0 Å². The number of nitrogens with zero attached hydrogens (tertiary/aromatic N) is 1. The maximum absolute atomic E-state index is 3.85. The fourth-order valence-electron chi connectivity index (χ4n) is 7.36. The molecule has 0 amide bonds. The lowest BCUT2D eigenvalue weighted by atomic mass is 9.74. The van der Waals surface area contributed by atoms with E-state index in [4.69, 9.17) is 0 Å². The standard InChI is InChI=1S/C28H57N3/c1-22(2)31(24-20-27(7,8)30-28(9,10)21-24)17-15-13-11-12-14-16-23-18-25(3,4)29-26(5,6)19-23/h22-24,29-30H,11-21H2,1-10H3. The summed E-state index contributed by atoms with van der Waals surface area (Å²) in [6.07, 6.45) is 13.6. The van der Waals surface area contributed by atoms with Gasteiger partial charge in [0, 0.05) is 34.2 Å². The van der Waals surface area contributed by atoms with Crippen LogP contribution < -0.4 is 10.6 Å².